The molecule has 1 aliphatic heterocycles. The van der Waals surface area contributed by atoms with Crippen LogP contribution in [0.1, 0.15) is 0 Å². The van der Waals surface area contributed by atoms with Gasteiger partial charge in [0.15, 0.2) is 11.0 Å². The van der Waals surface area contributed by atoms with E-state index in [1.165, 1.54) is 11.8 Å². The molecule has 4 rings (SSSR count). The molecule has 1 fully saturated rings. The highest BCUT2D eigenvalue weighted by Gasteiger charge is 2.21. The van der Waals surface area contributed by atoms with Crippen LogP contribution in [0.3, 0.4) is 0 Å². The highest BCUT2D eigenvalue weighted by Crippen LogP contribution is 2.28. The summed E-state index contributed by atoms with van der Waals surface area (Å²) in [4.78, 5) is 16.8. The molecule has 144 valence electrons. The fourth-order valence-corrected chi connectivity index (χ4v) is 4.08. The molecule has 0 spiro atoms. The number of hydrogen-bond donors (Lipinski definition) is 0. The van der Waals surface area contributed by atoms with Crippen molar-refractivity contribution in [3.05, 3.63) is 60.7 Å². The lowest BCUT2D eigenvalue weighted by atomic mass is 10.2. The Kier molecular flexibility index (Phi) is 5.73. The number of para-hydroxylation sites is 1. The zero-order valence-corrected chi connectivity index (χ0v) is 16.7. The first kappa shape index (κ1) is 18.7. The average molecular weight is 394 g/mol. The summed E-state index contributed by atoms with van der Waals surface area (Å²) in [7, 11) is 2.09. The van der Waals surface area contributed by atoms with E-state index in [9.17, 15) is 4.79 Å². The van der Waals surface area contributed by atoms with Crippen molar-refractivity contribution in [1.82, 2.24) is 24.6 Å². The molecule has 7 heteroatoms. The van der Waals surface area contributed by atoms with Gasteiger partial charge < -0.3 is 9.80 Å². The fraction of sp³-hybridized carbons (Fsp3) is 0.286. The number of thioether (sulfide) groups is 1. The minimum absolute atomic E-state index is 0.155. The van der Waals surface area contributed by atoms with Gasteiger partial charge in [0.2, 0.25) is 5.91 Å². The van der Waals surface area contributed by atoms with Crippen molar-refractivity contribution in [3.63, 3.8) is 0 Å². The maximum atomic E-state index is 12.6. The molecule has 1 amide bonds. The maximum Gasteiger partial charge on any atom is 0.233 e. The van der Waals surface area contributed by atoms with Gasteiger partial charge in [-0.15, -0.1) is 10.2 Å². The van der Waals surface area contributed by atoms with Gasteiger partial charge in [-0.1, -0.05) is 60.3 Å². The highest BCUT2D eigenvalue weighted by molar-refractivity contribution is 7.99. The molecular weight excluding hydrogens is 370 g/mol. The smallest absolute Gasteiger partial charge is 0.233 e. The van der Waals surface area contributed by atoms with Crippen LogP contribution in [0.4, 0.5) is 0 Å². The summed E-state index contributed by atoms with van der Waals surface area (Å²) in [6.45, 7) is 3.43. The molecule has 2 aromatic carbocycles. The molecule has 0 unspecified atom stereocenters. The van der Waals surface area contributed by atoms with Gasteiger partial charge >= 0.3 is 0 Å². The summed E-state index contributed by atoms with van der Waals surface area (Å²) in [5, 5.41) is 9.55. The minimum Gasteiger partial charge on any atom is -0.339 e. The van der Waals surface area contributed by atoms with E-state index in [2.05, 4.69) is 22.1 Å². The molecule has 3 aromatic rings. The monoisotopic (exact) mass is 393 g/mol. The molecule has 0 atom stereocenters. The number of likely N-dealkylation sites (N-methyl/N-ethyl adjacent to an activating group) is 1. The Morgan fingerprint density at radius 2 is 1.57 bits per heavy atom. The Morgan fingerprint density at radius 1 is 0.929 bits per heavy atom. The molecule has 6 nitrogen and oxygen atoms in total. The lowest BCUT2D eigenvalue weighted by molar-refractivity contribution is -0.129. The molecule has 2 heterocycles. The highest BCUT2D eigenvalue weighted by atomic mass is 32.2. The van der Waals surface area contributed by atoms with Crippen molar-refractivity contribution in [2.24, 2.45) is 0 Å². The van der Waals surface area contributed by atoms with Gasteiger partial charge in [-0.25, -0.2) is 0 Å². The Hall–Kier alpha value is -2.64. The Labute approximate surface area is 169 Å². The molecule has 1 aromatic heterocycles. The van der Waals surface area contributed by atoms with Gasteiger partial charge in [0, 0.05) is 37.4 Å². The second kappa shape index (κ2) is 8.58. The molecule has 1 aliphatic rings. The van der Waals surface area contributed by atoms with Crippen molar-refractivity contribution in [2.75, 3.05) is 39.0 Å². The first-order valence-electron chi connectivity index (χ1n) is 9.38. The molecule has 0 N–H and O–H groups in total. The normalized spacial score (nSPS) is 15.0. The topological polar surface area (TPSA) is 54.3 Å². The van der Waals surface area contributed by atoms with Gasteiger partial charge in [0.1, 0.15) is 0 Å². The van der Waals surface area contributed by atoms with E-state index in [4.69, 9.17) is 0 Å². The quantitative estimate of drug-likeness (QED) is 0.624. The van der Waals surface area contributed by atoms with E-state index < -0.39 is 0 Å². The fourth-order valence-electron chi connectivity index (χ4n) is 3.22. The number of rotatable bonds is 5. The number of nitrogens with zero attached hydrogens (tertiary/aromatic N) is 5. The van der Waals surface area contributed by atoms with Crippen LogP contribution >= 0.6 is 11.8 Å². The van der Waals surface area contributed by atoms with Crippen LogP contribution < -0.4 is 0 Å². The van der Waals surface area contributed by atoms with Crippen LogP contribution in [0.25, 0.3) is 17.1 Å². The van der Waals surface area contributed by atoms with Crippen LogP contribution in [0, 0.1) is 0 Å². The zero-order valence-electron chi connectivity index (χ0n) is 15.9. The molecule has 0 saturated carbocycles. The molecule has 28 heavy (non-hydrogen) atoms. The first-order chi connectivity index (χ1) is 13.7. The van der Waals surface area contributed by atoms with E-state index in [0.29, 0.717) is 5.75 Å². The summed E-state index contributed by atoms with van der Waals surface area (Å²) in [6.07, 6.45) is 0. The van der Waals surface area contributed by atoms with E-state index >= 15 is 0 Å². The van der Waals surface area contributed by atoms with Crippen molar-refractivity contribution < 1.29 is 4.79 Å². The number of piperazine rings is 1. The van der Waals surface area contributed by atoms with E-state index in [1.807, 2.05) is 70.1 Å². The molecule has 0 bridgehead atoms. The summed E-state index contributed by atoms with van der Waals surface area (Å²) in [5.74, 6) is 1.30. The largest absolute Gasteiger partial charge is 0.339 e. The Bertz CT molecular complexity index is 920. The third-order valence-corrected chi connectivity index (χ3v) is 5.77. The molecule has 0 aliphatic carbocycles. The Morgan fingerprint density at radius 3 is 2.25 bits per heavy atom. The average Bonchev–Trinajstić information content (AvgIpc) is 3.18. The number of aromatic nitrogens is 3. The van der Waals surface area contributed by atoms with Gasteiger partial charge in [0.25, 0.3) is 0 Å². The van der Waals surface area contributed by atoms with Crippen molar-refractivity contribution in [1.29, 1.82) is 0 Å². The van der Waals surface area contributed by atoms with E-state index in [1.54, 1.807) is 0 Å². The van der Waals surface area contributed by atoms with Crippen LogP contribution in [-0.2, 0) is 4.79 Å². The van der Waals surface area contributed by atoms with Crippen LogP contribution in [0.2, 0.25) is 0 Å². The molecule has 0 radical (unpaired) electrons. The predicted molar refractivity (Wildman–Crippen MR) is 112 cm³/mol. The number of amides is 1. The SMILES string of the molecule is CN1CCN(C(=O)CSc2nnc(-c3ccccc3)n2-c2ccccc2)CC1. The summed E-state index contributed by atoms with van der Waals surface area (Å²) in [6, 6.07) is 20.0. The summed E-state index contributed by atoms with van der Waals surface area (Å²) in [5.41, 5.74) is 1.98. The van der Waals surface area contributed by atoms with Gasteiger partial charge in [-0.2, -0.15) is 0 Å². The van der Waals surface area contributed by atoms with Crippen LogP contribution in [0.5, 0.6) is 0 Å². The van der Waals surface area contributed by atoms with Gasteiger partial charge in [0.05, 0.1) is 5.75 Å². The third kappa shape index (κ3) is 4.10. The number of carbonyl (C=O) groups excluding carboxylic acids is 1. The number of benzene rings is 2. The van der Waals surface area contributed by atoms with Crippen LogP contribution in [-0.4, -0.2) is 69.5 Å². The van der Waals surface area contributed by atoms with E-state index in [-0.39, 0.29) is 5.91 Å². The van der Waals surface area contributed by atoms with Crippen molar-refractivity contribution in [2.45, 2.75) is 5.16 Å². The minimum atomic E-state index is 0.155. The maximum absolute atomic E-state index is 12.6. The van der Waals surface area contributed by atoms with Crippen LogP contribution in [0.15, 0.2) is 65.8 Å². The zero-order chi connectivity index (χ0) is 19.3. The van der Waals surface area contributed by atoms with Gasteiger partial charge in [-0.05, 0) is 19.2 Å². The second-order valence-electron chi connectivity index (χ2n) is 6.82. The Balaban J connectivity index is 1.57. The lowest BCUT2D eigenvalue weighted by Crippen LogP contribution is -2.47. The molecular formula is C21H23N5OS. The summed E-state index contributed by atoms with van der Waals surface area (Å²) < 4.78 is 2.03. The first-order valence-corrected chi connectivity index (χ1v) is 10.4. The predicted octanol–water partition coefficient (Wildman–Crippen LogP) is 2.80. The van der Waals surface area contributed by atoms with Crippen molar-refractivity contribution >= 4 is 17.7 Å². The van der Waals surface area contributed by atoms with E-state index in [0.717, 1.165) is 48.4 Å². The molecule has 1 saturated heterocycles. The standard InChI is InChI=1S/C21H23N5OS/c1-24-12-14-25(15-13-24)19(27)16-28-21-23-22-20(17-8-4-2-5-9-17)26(21)18-10-6-3-7-11-18/h2-11H,12-16H2,1H3. The second-order valence-corrected chi connectivity index (χ2v) is 7.76. The summed E-state index contributed by atoms with van der Waals surface area (Å²) >= 11 is 1.44. The van der Waals surface area contributed by atoms with Crippen molar-refractivity contribution in [3.8, 4) is 17.1 Å². The lowest BCUT2D eigenvalue weighted by Gasteiger charge is -2.32. The number of carbonyl (C=O) groups is 1. The van der Waals surface area contributed by atoms with Gasteiger partial charge in [-0.3, -0.25) is 9.36 Å². The number of hydrogen-bond acceptors (Lipinski definition) is 5. The third-order valence-electron chi connectivity index (χ3n) is 4.86.